The quantitative estimate of drug-likeness (QED) is 0.121. The van der Waals surface area contributed by atoms with Gasteiger partial charge in [-0.25, -0.2) is 8.42 Å². The molecule has 0 aliphatic rings. The summed E-state index contributed by atoms with van der Waals surface area (Å²) in [6.45, 7) is 4.51. The Morgan fingerprint density at radius 3 is 1.06 bits per heavy atom. The highest BCUT2D eigenvalue weighted by Gasteiger charge is 2.10. The van der Waals surface area contributed by atoms with Crippen molar-refractivity contribution in [3.05, 3.63) is 5.75 Å². The Hall–Kier alpha value is -0.0500. The molecule has 0 rings (SSSR count). The van der Waals surface area contributed by atoms with Crippen molar-refractivity contribution in [1.82, 2.24) is 0 Å². The average Bonchev–Trinajstić information content (AvgIpc) is 2.75. The lowest BCUT2D eigenvalue weighted by atomic mass is 10.0. The highest BCUT2D eigenvalue weighted by Crippen LogP contribution is 2.15. The van der Waals surface area contributed by atoms with Gasteiger partial charge in [0.1, 0.15) is 0 Å². The molecule has 0 N–H and O–H groups in total. The van der Waals surface area contributed by atoms with E-state index in [-0.39, 0.29) is 0 Å². The van der Waals surface area contributed by atoms with Crippen molar-refractivity contribution in [2.75, 3.05) is 5.75 Å². The van der Waals surface area contributed by atoms with E-state index in [0.29, 0.717) is 5.75 Å². The van der Waals surface area contributed by atoms with Crippen LogP contribution in [0.5, 0.6) is 0 Å². The Labute approximate surface area is 197 Å². The van der Waals surface area contributed by atoms with E-state index in [1.165, 1.54) is 128 Å². The van der Waals surface area contributed by atoms with Gasteiger partial charge in [0.15, 0.2) is 9.84 Å². The highest BCUT2D eigenvalue weighted by molar-refractivity contribution is 7.93. The van der Waals surface area contributed by atoms with E-state index in [9.17, 15) is 8.42 Å². The number of unbranched alkanes of at least 4 members (excludes halogenated alkanes) is 22. The third-order valence-corrected chi connectivity index (χ3v) is 8.06. The summed E-state index contributed by atoms with van der Waals surface area (Å²) in [7, 11) is -2.92. The van der Waals surface area contributed by atoms with Crippen molar-refractivity contribution in [1.29, 1.82) is 0 Å². The second kappa shape index (κ2) is 24.6. The first kappa shape index (κ1) is 30.9. The van der Waals surface area contributed by atoms with Crippen LogP contribution < -0.4 is 0 Å². The Kier molecular flexibility index (Phi) is 24.5. The summed E-state index contributed by atoms with van der Waals surface area (Å²) < 4.78 is 24.1. The summed E-state index contributed by atoms with van der Waals surface area (Å²) >= 11 is 0. The van der Waals surface area contributed by atoms with E-state index in [1.807, 2.05) is 0 Å². The van der Waals surface area contributed by atoms with Crippen LogP contribution >= 0.6 is 0 Å². The third-order valence-electron chi connectivity index (χ3n) is 6.46. The fourth-order valence-electron chi connectivity index (χ4n) is 4.30. The summed E-state index contributed by atoms with van der Waals surface area (Å²) in [6.07, 6.45) is 30.7. The molecule has 0 saturated carbocycles. The molecule has 0 atom stereocenters. The highest BCUT2D eigenvalue weighted by atomic mass is 32.2. The first-order valence-corrected chi connectivity index (χ1v) is 15.9. The first-order valence-electron chi connectivity index (χ1n) is 14.2. The summed E-state index contributed by atoms with van der Waals surface area (Å²) in [5.41, 5.74) is 0. The molecule has 2 nitrogen and oxygen atoms in total. The van der Waals surface area contributed by atoms with E-state index in [2.05, 4.69) is 13.8 Å². The predicted molar refractivity (Wildman–Crippen MR) is 140 cm³/mol. The lowest BCUT2D eigenvalue weighted by Crippen LogP contribution is -2.06. The lowest BCUT2D eigenvalue weighted by Gasteiger charge is -2.05. The van der Waals surface area contributed by atoms with E-state index < -0.39 is 9.84 Å². The standard InChI is InChI=1S/C28H57O2S/c1-3-5-7-9-11-12-13-14-15-16-17-18-19-20-22-24-26-28-31(29,30)27-25-23-21-10-8-6-4-2/h28H,3-27H2,1-2H3. The van der Waals surface area contributed by atoms with Crippen LogP contribution in [0.3, 0.4) is 0 Å². The number of hydrogen-bond donors (Lipinski definition) is 0. The molecule has 0 aromatic carbocycles. The van der Waals surface area contributed by atoms with Crippen LogP contribution in [0.25, 0.3) is 0 Å². The molecule has 31 heavy (non-hydrogen) atoms. The largest absolute Gasteiger partial charge is 0.229 e. The molecule has 0 bridgehead atoms. The second-order valence-electron chi connectivity index (χ2n) is 9.75. The van der Waals surface area contributed by atoms with Gasteiger partial charge in [0.05, 0.1) is 11.5 Å². The van der Waals surface area contributed by atoms with Crippen LogP contribution in [0.15, 0.2) is 0 Å². The van der Waals surface area contributed by atoms with Gasteiger partial charge in [0.2, 0.25) is 0 Å². The van der Waals surface area contributed by atoms with E-state index >= 15 is 0 Å². The van der Waals surface area contributed by atoms with Crippen molar-refractivity contribution < 1.29 is 8.42 Å². The minimum Gasteiger partial charge on any atom is -0.229 e. The van der Waals surface area contributed by atoms with Crippen LogP contribution in [0.2, 0.25) is 0 Å². The van der Waals surface area contributed by atoms with Crippen molar-refractivity contribution in [2.24, 2.45) is 0 Å². The van der Waals surface area contributed by atoms with Gasteiger partial charge in [0.25, 0.3) is 0 Å². The van der Waals surface area contributed by atoms with Gasteiger partial charge in [-0.15, -0.1) is 0 Å². The summed E-state index contributed by atoms with van der Waals surface area (Å²) in [4.78, 5) is 0. The maximum absolute atomic E-state index is 12.1. The minimum atomic E-state index is -2.92. The molecule has 0 aromatic heterocycles. The van der Waals surface area contributed by atoms with Gasteiger partial charge in [-0.3, -0.25) is 0 Å². The SMILES string of the molecule is CCCCCCCCCCCCCCCCCC[CH]S(=O)(=O)CCCCCCCCC. The Bertz CT molecular complexity index is 430. The molecule has 187 valence electrons. The minimum absolute atomic E-state index is 0.361. The maximum atomic E-state index is 12.1. The zero-order valence-electron chi connectivity index (χ0n) is 21.5. The molecule has 0 saturated heterocycles. The average molecular weight is 458 g/mol. The van der Waals surface area contributed by atoms with Crippen LogP contribution in [0, 0.1) is 5.75 Å². The number of hydrogen-bond acceptors (Lipinski definition) is 2. The monoisotopic (exact) mass is 457 g/mol. The number of rotatable bonds is 26. The van der Waals surface area contributed by atoms with E-state index in [1.54, 1.807) is 5.75 Å². The van der Waals surface area contributed by atoms with Gasteiger partial charge >= 0.3 is 0 Å². The van der Waals surface area contributed by atoms with Gasteiger partial charge in [-0.1, -0.05) is 155 Å². The normalized spacial score (nSPS) is 11.9. The van der Waals surface area contributed by atoms with E-state index in [0.717, 1.165) is 25.7 Å². The molecule has 0 unspecified atom stereocenters. The van der Waals surface area contributed by atoms with Gasteiger partial charge < -0.3 is 0 Å². The van der Waals surface area contributed by atoms with Crippen LogP contribution in [0.1, 0.15) is 168 Å². The summed E-state index contributed by atoms with van der Waals surface area (Å²) in [6, 6.07) is 0. The van der Waals surface area contributed by atoms with Gasteiger partial charge in [-0.05, 0) is 12.8 Å². The first-order chi connectivity index (χ1) is 15.1. The smallest absolute Gasteiger partial charge is 0.154 e. The second-order valence-corrected chi connectivity index (χ2v) is 11.8. The summed E-state index contributed by atoms with van der Waals surface area (Å²) in [5.74, 6) is 1.97. The third kappa shape index (κ3) is 26.1. The van der Waals surface area contributed by atoms with Gasteiger partial charge in [-0.2, -0.15) is 0 Å². The van der Waals surface area contributed by atoms with Crippen molar-refractivity contribution >= 4 is 9.84 Å². The molecular weight excluding hydrogens is 400 g/mol. The fourth-order valence-corrected chi connectivity index (χ4v) is 5.60. The Morgan fingerprint density at radius 2 is 0.710 bits per heavy atom. The lowest BCUT2D eigenvalue weighted by molar-refractivity contribution is 0.529. The number of sulfone groups is 1. The maximum Gasteiger partial charge on any atom is 0.154 e. The Morgan fingerprint density at radius 1 is 0.419 bits per heavy atom. The molecule has 1 radical (unpaired) electrons. The van der Waals surface area contributed by atoms with Crippen LogP contribution in [-0.4, -0.2) is 14.2 Å². The van der Waals surface area contributed by atoms with Crippen molar-refractivity contribution in [3.63, 3.8) is 0 Å². The molecule has 0 aliphatic heterocycles. The molecule has 0 spiro atoms. The molecule has 3 heteroatoms. The zero-order valence-corrected chi connectivity index (χ0v) is 22.3. The van der Waals surface area contributed by atoms with Crippen LogP contribution in [0.4, 0.5) is 0 Å². The van der Waals surface area contributed by atoms with Crippen molar-refractivity contribution in [2.45, 2.75) is 168 Å². The molecule has 0 aliphatic carbocycles. The topological polar surface area (TPSA) is 34.1 Å². The van der Waals surface area contributed by atoms with Crippen molar-refractivity contribution in [3.8, 4) is 0 Å². The zero-order chi connectivity index (χ0) is 22.9. The van der Waals surface area contributed by atoms with Gasteiger partial charge in [0, 0.05) is 0 Å². The predicted octanol–water partition coefficient (Wildman–Crippen LogP) is 9.97. The molecular formula is C28H57O2S. The van der Waals surface area contributed by atoms with E-state index in [4.69, 9.17) is 0 Å². The molecule has 0 heterocycles. The molecule has 0 amide bonds. The molecule has 0 fully saturated rings. The fraction of sp³-hybridized carbons (Fsp3) is 0.964. The molecule has 0 aromatic rings. The Balaban J connectivity index is 3.26. The summed E-state index contributed by atoms with van der Waals surface area (Å²) in [5, 5.41) is 0. The van der Waals surface area contributed by atoms with Crippen LogP contribution in [-0.2, 0) is 9.84 Å².